The summed E-state index contributed by atoms with van der Waals surface area (Å²) in [7, 11) is -2.10. The van der Waals surface area contributed by atoms with Crippen LogP contribution >= 0.6 is 11.3 Å². The van der Waals surface area contributed by atoms with Crippen LogP contribution in [0.4, 0.5) is 20.3 Å². The number of thiazole rings is 1. The molecule has 420 valence electrons. The molecular weight excluding hydrogens is 1050 g/mol. The molecule has 2 fully saturated rings. The number of amides is 4. The Kier molecular flexibility index (Phi) is 16.9. The van der Waals surface area contributed by atoms with Gasteiger partial charge in [-0.1, -0.05) is 51.5 Å². The summed E-state index contributed by atoms with van der Waals surface area (Å²) in [6, 6.07) is 9.90. The number of fused-ring (bicyclic) bond motifs is 2. The van der Waals surface area contributed by atoms with Gasteiger partial charge in [-0.25, -0.2) is 27.2 Å². The monoisotopic (exact) mass is 1120 g/mol. The molecule has 0 radical (unpaired) electrons. The molecular formula is C57H68F2N10O8S2. The molecule has 5 N–H and O–H groups in total. The summed E-state index contributed by atoms with van der Waals surface area (Å²) < 4.78 is 57.0. The second-order valence-electron chi connectivity index (χ2n) is 22.4. The van der Waals surface area contributed by atoms with Gasteiger partial charge < -0.3 is 45.3 Å². The predicted molar refractivity (Wildman–Crippen MR) is 299 cm³/mol. The smallest absolute Gasteiger partial charge is 0.274 e. The van der Waals surface area contributed by atoms with E-state index in [0.29, 0.717) is 52.3 Å². The number of H-pyrrole nitrogens is 1. The first-order valence-corrected chi connectivity index (χ1v) is 29.7. The van der Waals surface area contributed by atoms with Crippen LogP contribution in [0.3, 0.4) is 0 Å². The number of likely N-dealkylation sites (tertiary alicyclic amines) is 2. The first-order valence-electron chi connectivity index (χ1n) is 26.7. The van der Waals surface area contributed by atoms with Crippen LogP contribution in [0.1, 0.15) is 98.5 Å². The van der Waals surface area contributed by atoms with Crippen molar-refractivity contribution >= 4 is 67.2 Å². The minimum absolute atomic E-state index is 0.00715. The predicted octanol–water partition coefficient (Wildman–Crippen LogP) is 6.65. The topological polar surface area (TPSA) is 232 Å². The van der Waals surface area contributed by atoms with E-state index in [0.717, 1.165) is 79.5 Å². The number of hydrogen-bond acceptors (Lipinski definition) is 13. The molecule has 9 rings (SSSR count). The van der Waals surface area contributed by atoms with Crippen molar-refractivity contribution in [3.8, 4) is 21.6 Å². The fourth-order valence-electron chi connectivity index (χ4n) is 11.1. The van der Waals surface area contributed by atoms with Gasteiger partial charge in [0.05, 0.1) is 46.4 Å². The van der Waals surface area contributed by atoms with Gasteiger partial charge in [0.2, 0.25) is 17.7 Å². The Morgan fingerprint density at radius 3 is 2.42 bits per heavy atom. The number of hydrogen-bond donors (Lipinski definition) is 5. The maximum Gasteiger partial charge on any atom is 0.274 e. The second-order valence-corrected chi connectivity index (χ2v) is 25.4. The first-order chi connectivity index (χ1) is 37.5. The van der Waals surface area contributed by atoms with Crippen molar-refractivity contribution in [1.82, 2.24) is 45.3 Å². The summed E-state index contributed by atoms with van der Waals surface area (Å²) in [4.78, 5) is 86.3. The third kappa shape index (κ3) is 12.9. The molecule has 2 saturated heterocycles. The average Bonchev–Trinajstić information content (AvgIpc) is 4.34. The Labute approximate surface area is 461 Å². The lowest BCUT2D eigenvalue weighted by molar-refractivity contribution is -0.144. The molecule has 7 heterocycles. The van der Waals surface area contributed by atoms with Gasteiger partial charge in [-0.2, -0.15) is 0 Å². The average molecular weight is 1120 g/mol. The number of aliphatic hydroxyl groups is 1. The number of rotatable bonds is 18. The van der Waals surface area contributed by atoms with Crippen molar-refractivity contribution in [2.24, 2.45) is 18.4 Å². The molecule has 0 unspecified atom stereocenters. The van der Waals surface area contributed by atoms with E-state index in [2.05, 4.69) is 35.8 Å². The van der Waals surface area contributed by atoms with E-state index in [1.807, 2.05) is 52.0 Å². The van der Waals surface area contributed by atoms with Crippen LogP contribution in [-0.4, -0.2) is 124 Å². The summed E-state index contributed by atoms with van der Waals surface area (Å²) >= 11 is 1.56. The number of piperidine rings is 1. The molecule has 2 aromatic carbocycles. The van der Waals surface area contributed by atoms with Gasteiger partial charge in [-0.3, -0.25) is 24.0 Å². The summed E-state index contributed by atoms with van der Waals surface area (Å²) in [5.74, 6) is -3.93. The Morgan fingerprint density at radius 1 is 0.987 bits per heavy atom. The zero-order chi connectivity index (χ0) is 56.5. The lowest BCUT2D eigenvalue weighted by atomic mass is 9.85. The molecule has 4 aromatic heterocycles. The molecule has 18 nitrogen and oxygen atoms in total. The number of halogens is 2. The Hall–Kier alpha value is -6.88. The summed E-state index contributed by atoms with van der Waals surface area (Å²) in [6.45, 7) is 10.5. The summed E-state index contributed by atoms with van der Waals surface area (Å²) in [6.07, 6.45) is 8.50. The van der Waals surface area contributed by atoms with Crippen LogP contribution < -0.4 is 26.4 Å². The molecule has 0 aliphatic carbocycles. The highest BCUT2D eigenvalue weighted by atomic mass is 32.2. The number of benzene rings is 2. The van der Waals surface area contributed by atoms with Crippen LogP contribution in [0.25, 0.3) is 32.5 Å². The third-order valence-electron chi connectivity index (χ3n) is 15.3. The molecule has 22 heteroatoms. The first kappa shape index (κ1) is 56.8. The number of anilines is 2. The number of carbonyl (C=O) groups excluding carboxylic acids is 4. The Morgan fingerprint density at radius 2 is 1.73 bits per heavy atom. The van der Waals surface area contributed by atoms with E-state index in [9.17, 15) is 41.9 Å². The number of aliphatic hydroxyl groups excluding tert-OH is 1. The molecule has 6 aromatic rings. The van der Waals surface area contributed by atoms with Gasteiger partial charge >= 0.3 is 0 Å². The third-order valence-corrected chi connectivity index (χ3v) is 17.1. The molecule has 0 saturated carbocycles. The molecule has 79 heavy (non-hydrogen) atoms. The van der Waals surface area contributed by atoms with E-state index in [1.54, 1.807) is 42.4 Å². The number of aryl methyl sites for hydroxylation is 2. The zero-order valence-corrected chi connectivity index (χ0v) is 47.0. The van der Waals surface area contributed by atoms with E-state index in [1.165, 1.54) is 20.4 Å². The van der Waals surface area contributed by atoms with Crippen LogP contribution in [0.15, 0.2) is 71.4 Å². The number of carbonyl (C=O) groups is 4. The van der Waals surface area contributed by atoms with E-state index in [-0.39, 0.29) is 72.7 Å². The number of aromatic nitrogens is 4. The minimum atomic E-state index is -3.68. The van der Waals surface area contributed by atoms with Gasteiger partial charge in [-0.05, 0) is 98.0 Å². The van der Waals surface area contributed by atoms with E-state index >= 15 is 4.39 Å². The standard InChI is InChI=1S/C57H68F2N10O8S2/c1-33-50(78-32-64-33)36-13-11-34(12-14-36)24-63-54(73)46-22-40(70)29-69(46)56(75)51(57(2,3)4)65-47(71)10-8-7-9-17-67-18-15-35(16-19-67)25-62-53(72)41-23-45-42(20-37(41)31-79(6,76)77)43-30-66(5)55(74)49-48(43)38(26-60-49)28-68(45)52-44(59)21-39(58)27-61-52/h11-14,20-21,23,26-27,30,32,35,40,46,51,60,70H,7-10,15-19,22,24-25,28-29,31H2,1-6H3,(H,62,72)(H,63,73)(H,65,71)/t40-,46+,51-/m1/s1. The van der Waals surface area contributed by atoms with Gasteiger partial charge in [0.15, 0.2) is 21.5 Å². The van der Waals surface area contributed by atoms with Gasteiger partial charge in [0, 0.05) is 86.3 Å². The fraction of sp³-hybridized carbons (Fsp3) is 0.456. The minimum Gasteiger partial charge on any atom is -0.391 e. The molecule has 3 atom stereocenters. The van der Waals surface area contributed by atoms with Crippen LogP contribution in [0.5, 0.6) is 0 Å². The SMILES string of the molecule is Cc1ncsc1-c1ccc(CNC(=O)[C@@H]2C[C@@H](O)CN2C(=O)[C@@H](NC(=O)CCCCCN2CCC(CNC(=O)c3cc4c(cc3CS(C)(=O)=O)-c3cn(C)c(=O)c5[nH]cc(c35)CN4c3ncc(F)cc3F)CC2)C(C)(C)C)cc1. The molecule has 0 bridgehead atoms. The van der Waals surface area contributed by atoms with E-state index in [4.69, 9.17) is 0 Å². The highest BCUT2D eigenvalue weighted by molar-refractivity contribution is 7.89. The number of unbranched alkanes of at least 4 members (excludes halogenated alkanes) is 2. The number of β-amino-alcohol motifs (C(OH)–C–C–N with tert-alkyl or cyclic N) is 1. The van der Waals surface area contributed by atoms with Gasteiger partial charge in [0.1, 0.15) is 23.4 Å². The maximum absolute atomic E-state index is 15.6. The van der Waals surface area contributed by atoms with Crippen LogP contribution in [-0.2, 0) is 50.1 Å². The normalized spacial score (nSPS) is 17.4. The number of aromatic amines is 1. The quantitative estimate of drug-likeness (QED) is 0.0570. The van der Waals surface area contributed by atoms with Crippen LogP contribution in [0, 0.1) is 29.9 Å². The highest BCUT2D eigenvalue weighted by Crippen LogP contribution is 2.45. The number of pyridine rings is 2. The Balaban J connectivity index is 0.760. The summed E-state index contributed by atoms with van der Waals surface area (Å²) in [5, 5.41) is 20.2. The largest absolute Gasteiger partial charge is 0.391 e. The van der Waals surface area contributed by atoms with Crippen molar-refractivity contribution in [3.63, 3.8) is 0 Å². The Bertz CT molecular complexity index is 3460. The lowest BCUT2D eigenvalue weighted by Gasteiger charge is -2.35. The fourth-order valence-corrected chi connectivity index (χ4v) is 12.7. The van der Waals surface area contributed by atoms with Gasteiger partial charge in [0.25, 0.3) is 11.5 Å². The van der Waals surface area contributed by atoms with Crippen molar-refractivity contribution in [1.29, 1.82) is 0 Å². The number of sulfone groups is 1. The van der Waals surface area contributed by atoms with Crippen molar-refractivity contribution < 1.29 is 41.5 Å². The van der Waals surface area contributed by atoms with Crippen LogP contribution in [0.2, 0.25) is 0 Å². The van der Waals surface area contributed by atoms with Crippen molar-refractivity contribution in [2.75, 3.05) is 43.9 Å². The second kappa shape index (κ2) is 23.4. The lowest BCUT2D eigenvalue weighted by Crippen LogP contribution is -2.57. The highest BCUT2D eigenvalue weighted by Gasteiger charge is 2.44. The van der Waals surface area contributed by atoms with E-state index < -0.39 is 62.6 Å². The molecule has 4 amide bonds. The number of nitrogens with one attached hydrogen (secondary N) is 4. The zero-order valence-electron chi connectivity index (χ0n) is 45.3. The maximum atomic E-state index is 15.6. The molecule has 3 aliphatic rings. The van der Waals surface area contributed by atoms with Crippen molar-refractivity contribution in [2.45, 2.75) is 110 Å². The molecule has 0 spiro atoms. The molecule has 3 aliphatic heterocycles. The summed E-state index contributed by atoms with van der Waals surface area (Å²) in [5.41, 5.74) is 6.23. The van der Waals surface area contributed by atoms with Gasteiger partial charge in [-0.15, -0.1) is 11.3 Å². The number of nitrogens with zero attached hydrogens (tertiary/aromatic N) is 6. The van der Waals surface area contributed by atoms with Crippen molar-refractivity contribution in [3.05, 3.63) is 117 Å².